The van der Waals surface area contributed by atoms with Gasteiger partial charge in [-0.25, -0.2) is 8.42 Å². The van der Waals surface area contributed by atoms with Gasteiger partial charge in [0.05, 0.1) is 18.1 Å². The standard InChI is InChI=1S/C14H19N3O5S/c1-15-13(18)11-5-10-6-16(14(19)9-3-4-22-8-9)7-12(10)17(11)23(2,20)21/h3-4,8,10-12H,5-7H2,1-2H3,(H,15,18)/t10-,11-,12+/m1/s1. The van der Waals surface area contributed by atoms with E-state index in [0.717, 1.165) is 6.26 Å². The molecular formula is C14H19N3O5S. The molecule has 0 aliphatic carbocycles. The lowest BCUT2D eigenvalue weighted by Gasteiger charge is -2.27. The quantitative estimate of drug-likeness (QED) is 0.799. The number of hydrogen-bond donors (Lipinski definition) is 1. The summed E-state index contributed by atoms with van der Waals surface area (Å²) >= 11 is 0. The Kier molecular flexibility index (Phi) is 3.93. The third-order valence-corrected chi connectivity index (χ3v) is 5.85. The van der Waals surface area contributed by atoms with Crippen molar-refractivity contribution < 1.29 is 22.4 Å². The zero-order valence-corrected chi connectivity index (χ0v) is 13.7. The second-order valence-corrected chi connectivity index (χ2v) is 7.90. The molecule has 0 bridgehead atoms. The van der Waals surface area contributed by atoms with Crippen molar-refractivity contribution in [3.63, 3.8) is 0 Å². The predicted octanol–water partition coefficient (Wildman–Crippen LogP) is -0.500. The first kappa shape index (κ1) is 16.0. The zero-order valence-electron chi connectivity index (χ0n) is 12.9. The number of carbonyl (C=O) groups excluding carboxylic acids is 2. The molecule has 9 heteroatoms. The Bertz CT molecular complexity index is 715. The van der Waals surface area contributed by atoms with Gasteiger partial charge >= 0.3 is 0 Å². The molecule has 3 rings (SSSR count). The third kappa shape index (κ3) is 2.74. The maximum absolute atomic E-state index is 12.4. The van der Waals surface area contributed by atoms with Crippen LogP contribution in [0.25, 0.3) is 0 Å². The van der Waals surface area contributed by atoms with Gasteiger partial charge in [0.2, 0.25) is 15.9 Å². The number of amides is 2. The molecule has 2 fully saturated rings. The second-order valence-electron chi connectivity index (χ2n) is 6.01. The number of fused-ring (bicyclic) bond motifs is 1. The minimum atomic E-state index is -3.55. The lowest BCUT2D eigenvalue weighted by Crippen LogP contribution is -2.49. The van der Waals surface area contributed by atoms with Gasteiger partial charge in [-0.1, -0.05) is 0 Å². The van der Waals surface area contributed by atoms with Crippen LogP contribution >= 0.6 is 0 Å². The molecule has 8 nitrogen and oxygen atoms in total. The second kappa shape index (κ2) is 5.64. The number of hydrogen-bond acceptors (Lipinski definition) is 5. The van der Waals surface area contributed by atoms with E-state index >= 15 is 0 Å². The van der Waals surface area contributed by atoms with Crippen LogP contribution in [0.4, 0.5) is 0 Å². The minimum Gasteiger partial charge on any atom is -0.472 e. The van der Waals surface area contributed by atoms with Gasteiger partial charge in [0, 0.05) is 26.2 Å². The first-order valence-corrected chi connectivity index (χ1v) is 9.19. The van der Waals surface area contributed by atoms with Crippen molar-refractivity contribution in [2.24, 2.45) is 5.92 Å². The Balaban J connectivity index is 1.82. The van der Waals surface area contributed by atoms with Crippen molar-refractivity contribution in [1.82, 2.24) is 14.5 Å². The van der Waals surface area contributed by atoms with Crippen LogP contribution in [-0.2, 0) is 14.8 Å². The molecule has 1 aromatic rings. The number of carbonyl (C=O) groups is 2. The fourth-order valence-electron chi connectivity index (χ4n) is 3.60. The van der Waals surface area contributed by atoms with Crippen LogP contribution in [-0.4, -0.2) is 67.9 Å². The van der Waals surface area contributed by atoms with Crippen molar-refractivity contribution in [2.75, 3.05) is 26.4 Å². The van der Waals surface area contributed by atoms with E-state index in [2.05, 4.69) is 5.32 Å². The van der Waals surface area contributed by atoms with Gasteiger partial charge in [-0.15, -0.1) is 0 Å². The van der Waals surface area contributed by atoms with Crippen LogP contribution in [0.2, 0.25) is 0 Å². The van der Waals surface area contributed by atoms with Gasteiger partial charge in [0.25, 0.3) is 5.91 Å². The van der Waals surface area contributed by atoms with Crippen LogP contribution in [0, 0.1) is 5.92 Å². The summed E-state index contributed by atoms with van der Waals surface area (Å²) in [7, 11) is -2.06. The lowest BCUT2D eigenvalue weighted by molar-refractivity contribution is -0.124. The fraction of sp³-hybridized carbons (Fsp3) is 0.571. The zero-order chi connectivity index (χ0) is 16.8. The van der Waals surface area contributed by atoms with Crippen molar-refractivity contribution >= 4 is 21.8 Å². The highest BCUT2D eigenvalue weighted by molar-refractivity contribution is 7.88. The SMILES string of the molecule is CNC(=O)[C@H]1C[C@@H]2CN(C(=O)c3ccoc3)C[C@@H]2N1S(C)(=O)=O. The number of likely N-dealkylation sites (N-methyl/N-ethyl adjacent to an activating group) is 1. The van der Waals surface area contributed by atoms with E-state index in [4.69, 9.17) is 4.42 Å². The van der Waals surface area contributed by atoms with Crippen LogP contribution < -0.4 is 5.32 Å². The first-order chi connectivity index (χ1) is 10.8. The summed E-state index contributed by atoms with van der Waals surface area (Å²) < 4.78 is 30.5. The van der Waals surface area contributed by atoms with E-state index in [9.17, 15) is 18.0 Å². The van der Waals surface area contributed by atoms with Gasteiger partial charge in [-0.2, -0.15) is 4.31 Å². The minimum absolute atomic E-state index is 0.0390. The number of sulfonamides is 1. The third-order valence-electron chi connectivity index (χ3n) is 4.55. The van der Waals surface area contributed by atoms with E-state index in [-0.39, 0.29) is 30.3 Å². The molecule has 2 aliphatic heterocycles. The molecule has 0 unspecified atom stereocenters. The highest BCUT2D eigenvalue weighted by Gasteiger charge is 2.53. The normalized spacial score (nSPS) is 27.9. The van der Waals surface area contributed by atoms with Gasteiger partial charge in [0.15, 0.2) is 0 Å². The van der Waals surface area contributed by atoms with Crippen molar-refractivity contribution in [3.8, 4) is 0 Å². The van der Waals surface area contributed by atoms with Crippen molar-refractivity contribution in [2.45, 2.75) is 18.5 Å². The Hall–Kier alpha value is -1.87. The lowest BCUT2D eigenvalue weighted by atomic mass is 10.0. The van der Waals surface area contributed by atoms with Crippen LogP contribution in [0.15, 0.2) is 23.0 Å². The molecular weight excluding hydrogens is 322 g/mol. The molecule has 3 heterocycles. The van der Waals surface area contributed by atoms with Gasteiger partial charge < -0.3 is 14.6 Å². The highest BCUT2D eigenvalue weighted by Crippen LogP contribution is 2.38. The molecule has 3 atom stereocenters. The van der Waals surface area contributed by atoms with E-state index < -0.39 is 16.1 Å². The monoisotopic (exact) mass is 341 g/mol. The average molecular weight is 341 g/mol. The maximum atomic E-state index is 12.4. The average Bonchev–Trinajstić information content (AvgIpc) is 3.18. The Labute approximate surface area is 134 Å². The summed E-state index contributed by atoms with van der Waals surface area (Å²) in [4.78, 5) is 26.0. The molecule has 2 amide bonds. The highest BCUT2D eigenvalue weighted by atomic mass is 32.2. The maximum Gasteiger partial charge on any atom is 0.257 e. The smallest absolute Gasteiger partial charge is 0.257 e. The summed E-state index contributed by atoms with van der Waals surface area (Å²) in [5.74, 6) is -0.529. The summed E-state index contributed by atoms with van der Waals surface area (Å²) in [6.45, 7) is 0.726. The van der Waals surface area contributed by atoms with Crippen molar-refractivity contribution in [1.29, 1.82) is 0 Å². The number of nitrogens with one attached hydrogen (secondary N) is 1. The van der Waals surface area contributed by atoms with E-state index in [1.165, 1.54) is 23.9 Å². The summed E-state index contributed by atoms with van der Waals surface area (Å²) in [6, 6.07) is 0.525. The molecule has 0 radical (unpaired) electrons. The van der Waals surface area contributed by atoms with E-state index in [0.29, 0.717) is 18.5 Å². The topological polar surface area (TPSA) is 99.9 Å². The predicted molar refractivity (Wildman–Crippen MR) is 81.0 cm³/mol. The summed E-state index contributed by atoms with van der Waals surface area (Å²) in [5.41, 5.74) is 0.443. The molecule has 1 aromatic heterocycles. The number of likely N-dealkylation sites (tertiary alicyclic amines) is 1. The number of nitrogens with zero attached hydrogens (tertiary/aromatic N) is 2. The molecule has 0 aromatic carbocycles. The van der Waals surface area contributed by atoms with E-state index in [1.54, 1.807) is 11.0 Å². The first-order valence-electron chi connectivity index (χ1n) is 7.34. The van der Waals surface area contributed by atoms with Gasteiger partial charge in [-0.05, 0) is 18.4 Å². The molecule has 2 saturated heterocycles. The Morgan fingerprint density at radius 1 is 1.35 bits per heavy atom. The summed E-state index contributed by atoms with van der Waals surface area (Å²) in [6.07, 6.45) is 4.32. The molecule has 0 spiro atoms. The van der Waals surface area contributed by atoms with Crippen LogP contribution in [0.3, 0.4) is 0 Å². The largest absolute Gasteiger partial charge is 0.472 e. The van der Waals surface area contributed by atoms with Gasteiger partial charge in [0.1, 0.15) is 12.3 Å². The molecule has 1 N–H and O–H groups in total. The van der Waals surface area contributed by atoms with Crippen LogP contribution in [0.1, 0.15) is 16.8 Å². The molecule has 126 valence electrons. The molecule has 23 heavy (non-hydrogen) atoms. The fourth-order valence-corrected chi connectivity index (χ4v) is 4.97. The van der Waals surface area contributed by atoms with Crippen LogP contribution in [0.5, 0.6) is 0 Å². The van der Waals surface area contributed by atoms with Crippen molar-refractivity contribution in [3.05, 3.63) is 24.2 Å². The Morgan fingerprint density at radius 2 is 2.09 bits per heavy atom. The number of furan rings is 1. The molecule has 0 saturated carbocycles. The van der Waals surface area contributed by atoms with E-state index in [1.807, 2.05) is 0 Å². The van der Waals surface area contributed by atoms with Gasteiger partial charge in [-0.3, -0.25) is 9.59 Å². The molecule has 2 aliphatic rings. The summed E-state index contributed by atoms with van der Waals surface area (Å²) in [5, 5.41) is 2.52. The number of rotatable bonds is 3. The Morgan fingerprint density at radius 3 is 2.65 bits per heavy atom.